The molecule has 0 N–H and O–H groups in total. The molecule has 96 valence electrons. The molecule has 0 radical (unpaired) electrons. The van der Waals surface area contributed by atoms with E-state index < -0.39 is 0 Å². The van der Waals surface area contributed by atoms with E-state index in [4.69, 9.17) is 12.2 Å². The number of allylic oxidation sites excluding steroid dienone is 1. The zero-order valence-corrected chi connectivity index (χ0v) is 14.3. The van der Waals surface area contributed by atoms with Crippen molar-refractivity contribution in [2.24, 2.45) is 0 Å². The largest absolute Gasteiger partial charge is 0.0795 e. The van der Waals surface area contributed by atoms with Crippen LogP contribution in [0.5, 0.6) is 0 Å². The van der Waals surface area contributed by atoms with E-state index in [1.807, 2.05) is 24.3 Å². The number of benzene rings is 2. The van der Waals surface area contributed by atoms with Crippen molar-refractivity contribution in [3.05, 3.63) is 74.2 Å². The highest BCUT2D eigenvalue weighted by molar-refractivity contribution is 9.13. The summed E-state index contributed by atoms with van der Waals surface area (Å²) in [6.45, 7) is 2.07. The maximum absolute atomic E-state index is 5.41. The Labute approximate surface area is 135 Å². The van der Waals surface area contributed by atoms with E-state index in [-0.39, 0.29) is 0 Å². The maximum Gasteiger partial charge on any atom is 0.0449 e. The highest BCUT2D eigenvalue weighted by Crippen LogP contribution is 2.24. The molecule has 0 aliphatic rings. The standard InChI is InChI=1S/C16H12Br2S/c1-11-2-6-13(7-3-11)16(19)9-5-12-4-8-14(17)15(18)10-12/h2-10H,1H3. The predicted molar refractivity (Wildman–Crippen MR) is 93.8 cm³/mol. The van der Waals surface area contributed by atoms with E-state index >= 15 is 0 Å². The van der Waals surface area contributed by atoms with E-state index in [0.717, 1.165) is 24.9 Å². The van der Waals surface area contributed by atoms with Gasteiger partial charge in [0.15, 0.2) is 0 Å². The van der Waals surface area contributed by atoms with Crippen LogP contribution in [0.15, 0.2) is 57.5 Å². The summed E-state index contributed by atoms with van der Waals surface area (Å²) in [5.74, 6) is 0. The zero-order valence-electron chi connectivity index (χ0n) is 10.4. The van der Waals surface area contributed by atoms with Gasteiger partial charge in [0.1, 0.15) is 0 Å². The highest BCUT2D eigenvalue weighted by Gasteiger charge is 1.98. The Morgan fingerprint density at radius 1 is 1.00 bits per heavy atom. The van der Waals surface area contributed by atoms with E-state index in [1.165, 1.54) is 5.56 Å². The Morgan fingerprint density at radius 3 is 2.32 bits per heavy atom. The molecular weight excluding hydrogens is 384 g/mol. The summed E-state index contributed by atoms with van der Waals surface area (Å²) in [5, 5.41) is 0. The Bertz CT molecular complexity index is 628. The van der Waals surface area contributed by atoms with Crippen LogP contribution in [0.1, 0.15) is 16.7 Å². The Morgan fingerprint density at radius 2 is 1.68 bits per heavy atom. The fourth-order valence-electron chi connectivity index (χ4n) is 1.60. The van der Waals surface area contributed by atoms with E-state index in [9.17, 15) is 0 Å². The molecule has 0 aromatic heterocycles. The maximum atomic E-state index is 5.41. The topological polar surface area (TPSA) is 0 Å². The monoisotopic (exact) mass is 394 g/mol. The zero-order chi connectivity index (χ0) is 13.8. The molecule has 0 amide bonds. The molecule has 0 spiro atoms. The molecule has 0 heterocycles. The smallest absolute Gasteiger partial charge is 0.0449 e. The van der Waals surface area contributed by atoms with Crippen LogP contribution >= 0.6 is 44.1 Å². The fourth-order valence-corrected chi connectivity index (χ4v) is 2.45. The van der Waals surface area contributed by atoms with Gasteiger partial charge >= 0.3 is 0 Å². The first-order chi connectivity index (χ1) is 9.06. The van der Waals surface area contributed by atoms with Crippen molar-refractivity contribution in [3.8, 4) is 0 Å². The van der Waals surface area contributed by atoms with Gasteiger partial charge in [-0.1, -0.05) is 54.2 Å². The molecule has 2 rings (SSSR count). The van der Waals surface area contributed by atoms with Gasteiger partial charge in [-0.3, -0.25) is 0 Å². The Kier molecular flexibility index (Phi) is 5.08. The minimum absolute atomic E-state index is 0.846. The van der Waals surface area contributed by atoms with Crippen LogP contribution < -0.4 is 0 Å². The van der Waals surface area contributed by atoms with E-state index in [0.29, 0.717) is 0 Å². The summed E-state index contributed by atoms with van der Waals surface area (Å²) < 4.78 is 2.08. The van der Waals surface area contributed by atoms with Crippen LogP contribution in [-0.2, 0) is 0 Å². The number of hydrogen-bond acceptors (Lipinski definition) is 1. The van der Waals surface area contributed by atoms with E-state index in [2.05, 4.69) is 69.1 Å². The molecule has 0 bridgehead atoms. The molecule has 0 saturated heterocycles. The number of hydrogen-bond donors (Lipinski definition) is 0. The summed E-state index contributed by atoms with van der Waals surface area (Å²) in [7, 11) is 0. The second-order valence-electron chi connectivity index (χ2n) is 4.24. The van der Waals surface area contributed by atoms with Crippen molar-refractivity contribution in [3.63, 3.8) is 0 Å². The van der Waals surface area contributed by atoms with Gasteiger partial charge in [0, 0.05) is 13.8 Å². The minimum atomic E-state index is 0.846. The van der Waals surface area contributed by atoms with Gasteiger partial charge < -0.3 is 0 Å². The van der Waals surface area contributed by atoms with Crippen LogP contribution in [-0.4, -0.2) is 4.86 Å². The van der Waals surface area contributed by atoms with Crippen LogP contribution in [0.4, 0.5) is 0 Å². The van der Waals surface area contributed by atoms with Gasteiger partial charge in [-0.2, -0.15) is 0 Å². The molecule has 2 aromatic carbocycles. The molecule has 0 unspecified atom stereocenters. The molecular formula is C16H12Br2S. The first-order valence-corrected chi connectivity index (χ1v) is 7.80. The second-order valence-corrected chi connectivity index (χ2v) is 6.39. The highest BCUT2D eigenvalue weighted by atomic mass is 79.9. The first kappa shape index (κ1) is 14.6. The molecule has 3 heteroatoms. The minimum Gasteiger partial charge on any atom is -0.0795 e. The van der Waals surface area contributed by atoms with Crippen LogP contribution in [0, 0.1) is 6.92 Å². The van der Waals surface area contributed by atoms with Gasteiger partial charge in [0.25, 0.3) is 0 Å². The van der Waals surface area contributed by atoms with Crippen molar-refractivity contribution in [1.82, 2.24) is 0 Å². The van der Waals surface area contributed by atoms with Crippen molar-refractivity contribution < 1.29 is 0 Å². The van der Waals surface area contributed by atoms with Crippen LogP contribution in [0.3, 0.4) is 0 Å². The number of aryl methyl sites for hydroxylation is 1. The van der Waals surface area contributed by atoms with Gasteiger partial charge in [0.05, 0.1) is 0 Å². The second kappa shape index (κ2) is 6.60. The third kappa shape index (κ3) is 4.10. The third-order valence-corrected chi connectivity index (χ3v) is 4.96. The molecule has 0 nitrogen and oxygen atoms in total. The van der Waals surface area contributed by atoms with Crippen LogP contribution in [0.2, 0.25) is 0 Å². The average molecular weight is 396 g/mol. The van der Waals surface area contributed by atoms with Gasteiger partial charge in [-0.05, 0) is 68.1 Å². The first-order valence-electron chi connectivity index (χ1n) is 5.80. The lowest BCUT2D eigenvalue weighted by molar-refractivity contribution is 1.47. The molecule has 0 saturated carbocycles. The summed E-state index contributed by atoms with van der Waals surface area (Å²) in [6, 6.07) is 14.4. The lowest BCUT2D eigenvalue weighted by Gasteiger charge is -2.01. The van der Waals surface area contributed by atoms with Crippen molar-refractivity contribution in [1.29, 1.82) is 0 Å². The van der Waals surface area contributed by atoms with Crippen molar-refractivity contribution in [2.75, 3.05) is 0 Å². The number of halogens is 2. The Hall–Kier alpha value is -0.770. The lowest BCUT2D eigenvalue weighted by Crippen LogP contribution is -1.91. The average Bonchev–Trinajstić information content (AvgIpc) is 2.40. The molecule has 0 atom stereocenters. The van der Waals surface area contributed by atoms with Crippen molar-refractivity contribution in [2.45, 2.75) is 6.92 Å². The van der Waals surface area contributed by atoms with Crippen molar-refractivity contribution >= 4 is 55.0 Å². The number of thiocarbonyl (C=S) groups is 1. The summed E-state index contributed by atoms with van der Waals surface area (Å²) in [4.78, 5) is 0.846. The molecule has 2 aromatic rings. The summed E-state index contributed by atoms with van der Waals surface area (Å²) in [5.41, 5.74) is 3.44. The van der Waals surface area contributed by atoms with Gasteiger partial charge in [-0.25, -0.2) is 0 Å². The lowest BCUT2D eigenvalue weighted by atomic mass is 10.1. The molecule has 0 fully saturated rings. The fraction of sp³-hybridized carbons (Fsp3) is 0.0625. The SMILES string of the molecule is Cc1ccc(C(=S)C=Cc2ccc(Br)c(Br)c2)cc1. The molecule has 19 heavy (non-hydrogen) atoms. The molecule has 0 aliphatic carbocycles. The predicted octanol–water partition coefficient (Wildman–Crippen LogP) is 5.95. The normalized spacial score (nSPS) is 10.9. The van der Waals surface area contributed by atoms with Crippen LogP contribution in [0.25, 0.3) is 6.08 Å². The van der Waals surface area contributed by atoms with Gasteiger partial charge in [0.2, 0.25) is 0 Å². The Balaban J connectivity index is 2.15. The molecule has 0 aliphatic heterocycles. The van der Waals surface area contributed by atoms with E-state index in [1.54, 1.807) is 0 Å². The van der Waals surface area contributed by atoms with Gasteiger partial charge in [-0.15, -0.1) is 0 Å². The summed E-state index contributed by atoms with van der Waals surface area (Å²) >= 11 is 12.4. The quantitative estimate of drug-likeness (QED) is 0.351. The summed E-state index contributed by atoms with van der Waals surface area (Å²) in [6.07, 6.45) is 4.00. The number of rotatable bonds is 3. The third-order valence-electron chi connectivity index (χ3n) is 2.71.